The predicted octanol–water partition coefficient (Wildman–Crippen LogP) is 2.10. The number of aliphatic carboxylic acids is 1. The molecule has 20 heavy (non-hydrogen) atoms. The first-order valence-electron chi connectivity index (χ1n) is 6.18. The Balaban J connectivity index is 2.04. The Kier molecular flexibility index (Phi) is 4.63. The topological polar surface area (TPSA) is 75.6 Å². The summed E-state index contributed by atoms with van der Waals surface area (Å²) in [6.07, 6.45) is 4.37. The average Bonchev–Trinajstić information content (AvgIpc) is 3.19. The number of hydrogen-bond acceptors (Lipinski definition) is 3. The molecule has 6 heteroatoms. The first-order chi connectivity index (χ1) is 9.56. The van der Waals surface area contributed by atoms with Crippen LogP contribution in [0, 0.1) is 0 Å². The van der Waals surface area contributed by atoms with Gasteiger partial charge in [0.2, 0.25) is 0 Å². The third kappa shape index (κ3) is 4.28. The molecule has 0 saturated heterocycles. The number of hydrogen-bond donors (Lipinski definition) is 2. The molecule has 1 aromatic carbocycles. The Morgan fingerprint density at radius 3 is 2.85 bits per heavy atom. The van der Waals surface area contributed by atoms with Crippen LogP contribution in [0.5, 0.6) is 5.75 Å². The standard InChI is InChI=1S/C14H14ClNO4/c15-11-3-1-2-9(4-7-13(18)19)14(11)20-8-12(17)16-10-5-6-10/h1-4,7,10H,5-6,8H2,(H,16,17)(H,18,19)/b7-4+. The number of carbonyl (C=O) groups excluding carboxylic acids is 1. The zero-order valence-corrected chi connectivity index (χ0v) is 11.4. The Morgan fingerprint density at radius 2 is 2.20 bits per heavy atom. The minimum atomic E-state index is -1.07. The summed E-state index contributed by atoms with van der Waals surface area (Å²) < 4.78 is 5.40. The van der Waals surface area contributed by atoms with Crippen molar-refractivity contribution in [1.82, 2.24) is 5.32 Å². The number of carboxylic acids is 1. The minimum absolute atomic E-state index is 0.145. The third-order valence-electron chi connectivity index (χ3n) is 2.69. The van der Waals surface area contributed by atoms with Crippen LogP contribution in [0.25, 0.3) is 6.08 Å². The van der Waals surface area contributed by atoms with Crippen molar-refractivity contribution in [2.75, 3.05) is 6.61 Å². The van der Waals surface area contributed by atoms with E-state index in [4.69, 9.17) is 21.4 Å². The Labute approximate surface area is 121 Å². The lowest BCUT2D eigenvalue weighted by atomic mass is 10.2. The maximum absolute atomic E-state index is 11.6. The van der Waals surface area contributed by atoms with Crippen LogP contribution in [0.3, 0.4) is 0 Å². The molecule has 0 aromatic heterocycles. The van der Waals surface area contributed by atoms with E-state index in [2.05, 4.69) is 5.32 Å². The van der Waals surface area contributed by atoms with E-state index in [1.807, 2.05) is 0 Å². The summed E-state index contributed by atoms with van der Waals surface area (Å²) in [5, 5.41) is 11.8. The summed E-state index contributed by atoms with van der Waals surface area (Å²) in [4.78, 5) is 22.1. The van der Waals surface area contributed by atoms with Gasteiger partial charge in [-0.2, -0.15) is 0 Å². The molecule has 2 rings (SSSR count). The molecule has 0 radical (unpaired) electrons. The number of para-hydroxylation sites is 1. The van der Waals surface area contributed by atoms with Crippen LogP contribution in [-0.2, 0) is 9.59 Å². The highest BCUT2D eigenvalue weighted by atomic mass is 35.5. The molecule has 1 saturated carbocycles. The van der Waals surface area contributed by atoms with Crippen LogP contribution in [-0.4, -0.2) is 29.6 Å². The molecule has 1 amide bonds. The minimum Gasteiger partial charge on any atom is -0.482 e. The zero-order chi connectivity index (χ0) is 14.5. The molecule has 2 N–H and O–H groups in total. The van der Waals surface area contributed by atoms with Crippen LogP contribution >= 0.6 is 11.6 Å². The number of benzene rings is 1. The highest BCUT2D eigenvalue weighted by Gasteiger charge is 2.23. The molecule has 0 unspecified atom stereocenters. The molecule has 0 atom stereocenters. The maximum atomic E-state index is 11.6. The van der Waals surface area contributed by atoms with Gasteiger partial charge in [0.25, 0.3) is 5.91 Å². The number of rotatable bonds is 6. The number of ether oxygens (including phenoxy) is 1. The van der Waals surface area contributed by atoms with Crippen LogP contribution < -0.4 is 10.1 Å². The van der Waals surface area contributed by atoms with Crippen LogP contribution in [0.15, 0.2) is 24.3 Å². The number of carbonyl (C=O) groups is 2. The second-order valence-corrected chi connectivity index (χ2v) is 4.87. The monoisotopic (exact) mass is 295 g/mol. The molecule has 1 aliphatic carbocycles. The molecule has 0 bridgehead atoms. The summed E-state index contributed by atoms with van der Waals surface area (Å²) in [5.74, 6) is -0.972. The third-order valence-corrected chi connectivity index (χ3v) is 2.99. The fourth-order valence-corrected chi connectivity index (χ4v) is 1.84. The van der Waals surface area contributed by atoms with E-state index in [0.29, 0.717) is 16.3 Å². The van der Waals surface area contributed by atoms with Crippen molar-refractivity contribution in [3.05, 3.63) is 34.9 Å². The molecule has 0 aliphatic heterocycles. The lowest BCUT2D eigenvalue weighted by molar-refractivity contribution is -0.131. The fourth-order valence-electron chi connectivity index (χ4n) is 1.60. The van der Waals surface area contributed by atoms with Gasteiger partial charge in [0.05, 0.1) is 5.02 Å². The highest BCUT2D eigenvalue weighted by molar-refractivity contribution is 6.32. The van der Waals surface area contributed by atoms with E-state index in [0.717, 1.165) is 18.9 Å². The van der Waals surface area contributed by atoms with Gasteiger partial charge in [0.15, 0.2) is 6.61 Å². The van der Waals surface area contributed by atoms with Gasteiger partial charge in [0, 0.05) is 17.7 Å². The summed E-state index contributed by atoms with van der Waals surface area (Å²) >= 11 is 6.01. The van der Waals surface area contributed by atoms with Crippen molar-refractivity contribution >= 4 is 29.6 Å². The van der Waals surface area contributed by atoms with Gasteiger partial charge in [-0.25, -0.2) is 4.79 Å². The summed E-state index contributed by atoms with van der Waals surface area (Å²) in [6, 6.07) is 5.23. The smallest absolute Gasteiger partial charge is 0.328 e. The fraction of sp³-hybridized carbons (Fsp3) is 0.286. The van der Waals surface area contributed by atoms with Crippen molar-refractivity contribution < 1.29 is 19.4 Å². The van der Waals surface area contributed by atoms with Crippen LogP contribution in [0.1, 0.15) is 18.4 Å². The molecule has 1 aliphatic rings. The molecular formula is C14H14ClNO4. The largest absolute Gasteiger partial charge is 0.482 e. The van der Waals surface area contributed by atoms with E-state index >= 15 is 0 Å². The van der Waals surface area contributed by atoms with Gasteiger partial charge in [0.1, 0.15) is 5.75 Å². The van der Waals surface area contributed by atoms with Gasteiger partial charge in [-0.1, -0.05) is 23.7 Å². The van der Waals surface area contributed by atoms with Gasteiger partial charge in [-0.3, -0.25) is 4.79 Å². The van der Waals surface area contributed by atoms with Gasteiger partial charge >= 0.3 is 5.97 Å². The van der Waals surface area contributed by atoms with Crippen molar-refractivity contribution in [3.8, 4) is 5.75 Å². The SMILES string of the molecule is O=C(O)/C=C/c1cccc(Cl)c1OCC(=O)NC1CC1. The predicted molar refractivity (Wildman–Crippen MR) is 74.8 cm³/mol. The van der Waals surface area contributed by atoms with E-state index in [9.17, 15) is 9.59 Å². The molecule has 0 spiro atoms. The van der Waals surface area contributed by atoms with Gasteiger partial charge < -0.3 is 15.2 Å². The number of halogens is 1. The van der Waals surface area contributed by atoms with Crippen LogP contribution in [0.2, 0.25) is 5.02 Å². The van der Waals surface area contributed by atoms with Crippen molar-refractivity contribution in [1.29, 1.82) is 0 Å². The summed E-state index contributed by atoms with van der Waals surface area (Å²) in [7, 11) is 0. The lowest BCUT2D eigenvalue weighted by Gasteiger charge is -2.11. The molecule has 1 fully saturated rings. The molecule has 5 nitrogen and oxygen atoms in total. The maximum Gasteiger partial charge on any atom is 0.328 e. The van der Waals surface area contributed by atoms with E-state index in [-0.39, 0.29) is 18.6 Å². The van der Waals surface area contributed by atoms with E-state index < -0.39 is 5.97 Å². The van der Waals surface area contributed by atoms with Crippen molar-refractivity contribution in [2.24, 2.45) is 0 Å². The normalized spacial score (nSPS) is 14.2. The summed E-state index contributed by atoms with van der Waals surface area (Å²) in [5.41, 5.74) is 0.513. The van der Waals surface area contributed by atoms with Gasteiger partial charge in [-0.15, -0.1) is 0 Å². The van der Waals surface area contributed by atoms with Crippen molar-refractivity contribution in [2.45, 2.75) is 18.9 Å². The Morgan fingerprint density at radius 1 is 1.45 bits per heavy atom. The quantitative estimate of drug-likeness (QED) is 0.788. The van der Waals surface area contributed by atoms with Crippen molar-refractivity contribution in [3.63, 3.8) is 0 Å². The Hall–Kier alpha value is -2.01. The lowest BCUT2D eigenvalue weighted by Crippen LogP contribution is -2.30. The van der Waals surface area contributed by atoms with E-state index in [1.54, 1.807) is 18.2 Å². The van der Waals surface area contributed by atoms with Gasteiger partial charge in [-0.05, 0) is 25.0 Å². The van der Waals surface area contributed by atoms with Crippen LogP contribution in [0.4, 0.5) is 0 Å². The first kappa shape index (κ1) is 14.4. The zero-order valence-electron chi connectivity index (χ0n) is 10.6. The molecular weight excluding hydrogens is 282 g/mol. The summed E-state index contributed by atoms with van der Waals surface area (Å²) in [6.45, 7) is -0.145. The highest BCUT2D eigenvalue weighted by Crippen LogP contribution is 2.29. The Bertz CT molecular complexity index is 552. The second-order valence-electron chi connectivity index (χ2n) is 4.46. The average molecular weight is 296 g/mol. The van der Waals surface area contributed by atoms with E-state index in [1.165, 1.54) is 6.08 Å². The number of amides is 1. The first-order valence-corrected chi connectivity index (χ1v) is 6.56. The second kappa shape index (κ2) is 6.43. The molecule has 1 aromatic rings. The molecule has 106 valence electrons. The number of carboxylic acid groups (broad SMARTS) is 1. The molecule has 0 heterocycles. The number of nitrogens with one attached hydrogen (secondary N) is 1.